The fourth-order valence-electron chi connectivity index (χ4n) is 3.78. The van der Waals surface area contributed by atoms with Gasteiger partial charge >= 0.3 is 11.9 Å². The van der Waals surface area contributed by atoms with Gasteiger partial charge in [0.25, 0.3) is 0 Å². The van der Waals surface area contributed by atoms with Crippen molar-refractivity contribution in [3.05, 3.63) is 68.7 Å². The first-order chi connectivity index (χ1) is 15.6. The Kier molecular flexibility index (Phi) is 9.09. The number of rotatable bonds is 3. The lowest BCUT2D eigenvalue weighted by Gasteiger charge is -2.38. The average molecular weight is 530 g/mol. The van der Waals surface area contributed by atoms with E-state index in [1.807, 2.05) is 12.1 Å². The second-order valence-corrected chi connectivity index (χ2v) is 10.1. The minimum absolute atomic E-state index is 0.297. The van der Waals surface area contributed by atoms with Crippen LogP contribution in [0, 0.1) is 0 Å². The van der Waals surface area contributed by atoms with Gasteiger partial charge in [-0.05, 0) is 54.9 Å². The topological polar surface area (TPSA) is 81.1 Å². The van der Waals surface area contributed by atoms with Gasteiger partial charge in [-0.25, -0.2) is 9.59 Å². The lowest BCUT2D eigenvalue weighted by atomic mass is 9.96. The molecule has 1 fully saturated rings. The van der Waals surface area contributed by atoms with Crippen molar-refractivity contribution in [2.75, 3.05) is 33.2 Å². The molecule has 4 rings (SSSR count). The molecule has 6 nitrogen and oxygen atoms in total. The molecule has 0 spiro atoms. The van der Waals surface area contributed by atoms with Gasteiger partial charge in [-0.15, -0.1) is 0 Å². The molecular weight excluding hydrogens is 507 g/mol. The summed E-state index contributed by atoms with van der Waals surface area (Å²) in [7, 11) is 2.18. The number of nitrogens with zero attached hydrogens (tertiary/aromatic N) is 2. The standard InChI is InChI=1S/C19H19Cl3N2S.C4H4O4/c1-23-4-6-24(7-5-23)17-9-12-8-14(21)11-16(22)19(12)25-18-3-2-13(20)10-15(17)18;5-3(6)1-2-4(7)8/h2-3,8,10-11,17H,4-7,9H2,1H3;1-2H,(H,5,6)(H,7,8)/b;2-1-. The van der Waals surface area contributed by atoms with E-state index in [1.165, 1.54) is 16.0 Å². The minimum Gasteiger partial charge on any atom is -0.478 e. The Hall–Kier alpha value is -1.74. The number of aliphatic carboxylic acids is 2. The van der Waals surface area contributed by atoms with Crippen molar-refractivity contribution in [3.8, 4) is 0 Å². The van der Waals surface area contributed by atoms with E-state index in [9.17, 15) is 9.59 Å². The molecular formula is C23H23Cl3N2O4S. The third-order valence-corrected chi connectivity index (χ3v) is 7.53. The molecule has 2 aromatic rings. The maximum atomic E-state index is 9.55. The van der Waals surface area contributed by atoms with Gasteiger partial charge in [-0.3, -0.25) is 4.90 Å². The number of benzene rings is 2. The van der Waals surface area contributed by atoms with Crippen molar-refractivity contribution in [1.29, 1.82) is 0 Å². The smallest absolute Gasteiger partial charge is 0.328 e. The number of carboxylic acids is 2. The summed E-state index contributed by atoms with van der Waals surface area (Å²) < 4.78 is 0. The van der Waals surface area contributed by atoms with Gasteiger partial charge in [-0.2, -0.15) is 0 Å². The summed E-state index contributed by atoms with van der Waals surface area (Å²) in [5, 5.41) is 17.8. The lowest BCUT2D eigenvalue weighted by Crippen LogP contribution is -2.46. The van der Waals surface area contributed by atoms with Crippen molar-refractivity contribution in [2.24, 2.45) is 0 Å². The number of fused-ring (bicyclic) bond motifs is 2. The summed E-state index contributed by atoms with van der Waals surface area (Å²) in [6.45, 7) is 4.29. The first-order valence-corrected chi connectivity index (χ1v) is 12.1. The van der Waals surface area contributed by atoms with Gasteiger partial charge in [0.15, 0.2) is 0 Å². The first-order valence-electron chi connectivity index (χ1n) is 10.2. The molecule has 0 aliphatic carbocycles. The summed E-state index contributed by atoms with van der Waals surface area (Å²) in [5.41, 5.74) is 2.52. The molecule has 2 heterocycles. The van der Waals surface area contributed by atoms with Crippen molar-refractivity contribution in [1.82, 2.24) is 9.80 Å². The van der Waals surface area contributed by atoms with E-state index in [0.717, 1.165) is 47.5 Å². The summed E-state index contributed by atoms with van der Waals surface area (Å²) in [4.78, 5) is 26.4. The zero-order chi connectivity index (χ0) is 24.1. The molecule has 2 N–H and O–H groups in total. The summed E-state index contributed by atoms with van der Waals surface area (Å²) in [6.07, 6.45) is 2.02. The molecule has 0 amide bonds. The van der Waals surface area contributed by atoms with Gasteiger partial charge in [0.1, 0.15) is 0 Å². The zero-order valence-corrected chi connectivity index (χ0v) is 20.9. The number of likely N-dealkylation sites (N-methyl/N-ethyl adjacent to an activating group) is 1. The molecule has 0 bridgehead atoms. The van der Waals surface area contributed by atoms with Crippen molar-refractivity contribution in [2.45, 2.75) is 22.3 Å². The zero-order valence-electron chi connectivity index (χ0n) is 17.8. The van der Waals surface area contributed by atoms with Gasteiger partial charge in [0.2, 0.25) is 0 Å². The number of piperazine rings is 1. The number of carboxylic acid groups (broad SMARTS) is 2. The highest BCUT2D eigenvalue weighted by Gasteiger charge is 2.30. The molecule has 0 saturated carbocycles. The molecule has 1 atom stereocenters. The highest BCUT2D eigenvalue weighted by Crippen LogP contribution is 2.47. The quantitative estimate of drug-likeness (QED) is 0.518. The van der Waals surface area contributed by atoms with Crippen LogP contribution in [0.15, 0.2) is 52.3 Å². The second-order valence-electron chi connectivity index (χ2n) is 7.73. The average Bonchev–Trinajstić information content (AvgIpc) is 2.90. The molecule has 0 radical (unpaired) electrons. The van der Waals surface area contributed by atoms with Gasteiger partial charge in [0.05, 0.1) is 5.02 Å². The highest BCUT2D eigenvalue weighted by atomic mass is 35.5. The van der Waals surface area contributed by atoms with Crippen molar-refractivity contribution in [3.63, 3.8) is 0 Å². The van der Waals surface area contributed by atoms with Gasteiger partial charge in [-0.1, -0.05) is 46.6 Å². The minimum atomic E-state index is -1.26. The van der Waals surface area contributed by atoms with E-state index >= 15 is 0 Å². The lowest BCUT2D eigenvalue weighted by molar-refractivity contribution is -0.134. The summed E-state index contributed by atoms with van der Waals surface area (Å²) in [6, 6.07) is 10.4. The molecule has 10 heteroatoms. The normalized spacial score (nSPS) is 18.6. The Labute approximate surface area is 211 Å². The monoisotopic (exact) mass is 528 g/mol. The molecule has 0 aromatic heterocycles. The number of hydrogen-bond donors (Lipinski definition) is 2. The predicted octanol–water partition coefficient (Wildman–Crippen LogP) is 5.35. The number of halogens is 3. The Morgan fingerprint density at radius 1 is 0.970 bits per heavy atom. The van der Waals surface area contributed by atoms with Crippen molar-refractivity contribution >= 4 is 58.5 Å². The Morgan fingerprint density at radius 3 is 2.21 bits per heavy atom. The SMILES string of the molecule is CN1CCN(C2Cc3cc(Cl)cc(Cl)c3Sc3ccc(Cl)cc32)CC1.O=C(O)/C=C\C(=O)O. The largest absolute Gasteiger partial charge is 0.478 e. The van der Waals surface area contributed by atoms with Crippen LogP contribution >= 0.6 is 46.6 Å². The third kappa shape index (κ3) is 7.12. The number of carbonyl (C=O) groups is 2. The van der Waals surface area contributed by atoms with Crippen LogP contribution in [0.1, 0.15) is 17.2 Å². The van der Waals surface area contributed by atoms with Gasteiger partial charge < -0.3 is 15.1 Å². The molecule has 2 aromatic carbocycles. The molecule has 176 valence electrons. The van der Waals surface area contributed by atoms with Crippen LogP contribution in [-0.4, -0.2) is 65.2 Å². The molecule has 33 heavy (non-hydrogen) atoms. The van der Waals surface area contributed by atoms with E-state index in [-0.39, 0.29) is 0 Å². The van der Waals surface area contributed by atoms with Crippen LogP contribution in [-0.2, 0) is 16.0 Å². The fraction of sp³-hybridized carbons (Fsp3) is 0.304. The van der Waals surface area contributed by atoms with Crippen LogP contribution < -0.4 is 0 Å². The van der Waals surface area contributed by atoms with E-state index in [2.05, 4.69) is 35.0 Å². The maximum Gasteiger partial charge on any atom is 0.328 e. The highest BCUT2D eigenvalue weighted by molar-refractivity contribution is 7.99. The third-order valence-electron chi connectivity index (χ3n) is 5.39. The van der Waals surface area contributed by atoms with E-state index in [1.54, 1.807) is 11.8 Å². The Bertz CT molecular complexity index is 1060. The number of hydrogen-bond acceptors (Lipinski definition) is 5. The maximum absolute atomic E-state index is 9.55. The van der Waals surface area contributed by atoms with E-state index in [4.69, 9.17) is 45.0 Å². The van der Waals surface area contributed by atoms with Crippen LogP contribution in [0.4, 0.5) is 0 Å². The first kappa shape index (κ1) is 25.9. The molecule has 1 saturated heterocycles. The van der Waals surface area contributed by atoms with E-state index in [0.29, 0.717) is 23.2 Å². The van der Waals surface area contributed by atoms with E-state index < -0.39 is 11.9 Å². The fourth-order valence-corrected chi connectivity index (χ4v) is 5.71. The van der Waals surface area contributed by atoms with Crippen LogP contribution in [0.5, 0.6) is 0 Å². The van der Waals surface area contributed by atoms with Crippen LogP contribution in [0.3, 0.4) is 0 Å². The summed E-state index contributed by atoms with van der Waals surface area (Å²) in [5.74, 6) is -2.51. The van der Waals surface area contributed by atoms with Crippen molar-refractivity contribution < 1.29 is 19.8 Å². The molecule has 2 aliphatic rings. The van der Waals surface area contributed by atoms with Crippen LogP contribution in [0.2, 0.25) is 15.1 Å². The van der Waals surface area contributed by atoms with Crippen LogP contribution in [0.25, 0.3) is 0 Å². The Balaban J connectivity index is 0.000000331. The Morgan fingerprint density at radius 2 is 1.61 bits per heavy atom. The van der Waals surface area contributed by atoms with Gasteiger partial charge in [0, 0.05) is 64.2 Å². The molecule has 1 unspecified atom stereocenters. The predicted molar refractivity (Wildman–Crippen MR) is 132 cm³/mol. The molecule has 2 aliphatic heterocycles. The summed E-state index contributed by atoms with van der Waals surface area (Å²) >= 11 is 20.9. The second kappa shape index (κ2) is 11.6.